The van der Waals surface area contributed by atoms with E-state index >= 15 is 0 Å². The summed E-state index contributed by atoms with van der Waals surface area (Å²) in [6.07, 6.45) is 2.85. The fourth-order valence-corrected chi connectivity index (χ4v) is 2.32. The Balaban J connectivity index is 1.89. The van der Waals surface area contributed by atoms with Crippen LogP contribution in [-0.2, 0) is 4.79 Å². The van der Waals surface area contributed by atoms with E-state index in [2.05, 4.69) is 23.1 Å². The molecule has 1 aromatic rings. The molecule has 5 nitrogen and oxygen atoms in total. The summed E-state index contributed by atoms with van der Waals surface area (Å²) in [5, 5.41) is 2.95. The molecule has 110 valence electrons. The summed E-state index contributed by atoms with van der Waals surface area (Å²) in [7, 11) is 1.66. The van der Waals surface area contributed by atoms with Gasteiger partial charge in [0.15, 0.2) is 0 Å². The number of carbonyl (C=O) groups is 1. The van der Waals surface area contributed by atoms with Gasteiger partial charge in [-0.25, -0.2) is 10.9 Å². The Labute approximate surface area is 120 Å². The second-order valence-corrected chi connectivity index (χ2v) is 5.05. The van der Waals surface area contributed by atoms with E-state index in [4.69, 9.17) is 4.74 Å². The number of rotatable bonds is 6. The maximum Gasteiger partial charge on any atom is 0.238 e. The molecular formula is C15H23N3O2. The van der Waals surface area contributed by atoms with Crippen LogP contribution in [0.4, 0.5) is 0 Å². The van der Waals surface area contributed by atoms with Gasteiger partial charge >= 0.3 is 0 Å². The van der Waals surface area contributed by atoms with Gasteiger partial charge in [0.2, 0.25) is 5.91 Å². The third-order valence-electron chi connectivity index (χ3n) is 3.55. The molecule has 0 radical (unpaired) electrons. The zero-order valence-corrected chi connectivity index (χ0v) is 12.1. The van der Waals surface area contributed by atoms with Crippen molar-refractivity contribution in [2.45, 2.75) is 38.3 Å². The van der Waals surface area contributed by atoms with Crippen LogP contribution in [0.25, 0.3) is 0 Å². The van der Waals surface area contributed by atoms with Gasteiger partial charge < -0.3 is 10.1 Å². The first-order valence-corrected chi connectivity index (χ1v) is 7.17. The van der Waals surface area contributed by atoms with Gasteiger partial charge in [-0.2, -0.15) is 0 Å². The van der Waals surface area contributed by atoms with E-state index in [1.807, 2.05) is 24.3 Å². The van der Waals surface area contributed by atoms with Crippen LogP contribution in [0.3, 0.4) is 0 Å². The lowest BCUT2D eigenvalue weighted by Crippen LogP contribution is -2.43. The molecule has 20 heavy (non-hydrogen) atoms. The maximum absolute atomic E-state index is 12.0. The van der Waals surface area contributed by atoms with Crippen LogP contribution in [-0.4, -0.2) is 25.6 Å². The number of nitrogens with one attached hydrogen (secondary N) is 3. The zero-order valence-electron chi connectivity index (χ0n) is 12.1. The Hall–Kier alpha value is -1.59. The van der Waals surface area contributed by atoms with Gasteiger partial charge in [0.05, 0.1) is 7.11 Å². The molecule has 0 spiro atoms. The number of amides is 1. The Morgan fingerprint density at radius 3 is 3.05 bits per heavy atom. The van der Waals surface area contributed by atoms with Gasteiger partial charge in [-0.1, -0.05) is 25.5 Å². The van der Waals surface area contributed by atoms with Crippen LogP contribution in [0.1, 0.15) is 37.8 Å². The minimum atomic E-state index is -0.178. The van der Waals surface area contributed by atoms with Crippen molar-refractivity contribution in [3.05, 3.63) is 29.8 Å². The van der Waals surface area contributed by atoms with Gasteiger partial charge in [-0.05, 0) is 30.5 Å². The van der Waals surface area contributed by atoms with Crippen molar-refractivity contribution in [2.24, 2.45) is 0 Å². The second-order valence-electron chi connectivity index (χ2n) is 5.05. The first kappa shape index (κ1) is 14.8. The molecule has 1 aliphatic rings. The van der Waals surface area contributed by atoms with Crippen LogP contribution < -0.4 is 20.9 Å². The van der Waals surface area contributed by atoms with E-state index in [-0.39, 0.29) is 18.0 Å². The van der Waals surface area contributed by atoms with Crippen molar-refractivity contribution in [3.8, 4) is 5.75 Å². The third kappa shape index (κ3) is 3.71. The van der Waals surface area contributed by atoms with E-state index < -0.39 is 0 Å². The Bertz CT molecular complexity index is 450. The molecule has 0 bridgehead atoms. The topological polar surface area (TPSA) is 62.4 Å². The Morgan fingerprint density at radius 2 is 2.30 bits per heavy atom. The standard InChI is InChI=1S/C15H23N3O2/c1-3-4-8-16-15(19)14-10-13(17-18-14)11-6-5-7-12(9-11)20-2/h5-7,9,13-14,17-18H,3-4,8,10H2,1-2H3,(H,16,19). The predicted molar refractivity (Wildman–Crippen MR) is 78.3 cm³/mol. The lowest BCUT2D eigenvalue weighted by Gasteiger charge is -2.11. The molecule has 1 aliphatic heterocycles. The van der Waals surface area contributed by atoms with Crippen LogP contribution in [0.15, 0.2) is 24.3 Å². The van der Waals surface area contributed by atoms with Crippen molar-refractivity contribution in [2.75, 3.05) is 13.7 Å². The SMILES string of the molecule is CCCCNC(=O)C1CC(c2cccc(OC)c2)NN1. The Kier molecular flexibility index (Phi) is 5.38. The number of ether oxygens (including phenoxy) is 1. The zero-order chi connectivity index (χ0) is 14.4. The van der Waals surface area contributed by atoms with E-state index in [9.17, 15) is 4.79 Å². The highest BCUT2D eigenvalue weighted by Crippen LogP contribution is 2.25. The molecule has 2 atom stereocenters. The van der Waals surface area contributed by atoms with Crippen molar-refractivity contribution < 1.29 is 9.53 Å². The minimum absolute atomic E-state index is 0.0661. The summed E-state index contributed by atoms with van der Waals surface area (Å²) in [4.78, 5) is 12.0. The summed E-state index contributed by atoms with van der Waals surface area (Å²) < 4.78 is 5.23. The van der Waals surface area contributed by atoms with Gasteiger partial charge in [0.1, 0.15) is 11.8 Å². The number of hydrogen-bond donors (Lipinski definition) is 3. The highest BCUT2D eigenvalue weighted by molar-refractivity contribution is 5.82. The van der Waals surface area contributed by atoms with Crippen LogP contribution in [0.2, 0.25) is 0 Å². The minimum Gasteiger partial charge on any atom is -0.497 e. The van der Waals surface area contributed by atoms with Gasteiger partial charge in [-0.15, -0.1) is 0 Å². The van der Waals surface area contributed by atoms with Crippen molar-refractivity contribution in [1.82, 2.24) is 16.2 Å². The monoisotopic (exact) mass is 277 g/mol. The molecular weight excluding hydrogens is 254 g/mol. The summed E-state index contributed by atoms with van der Waals surface area (Å²) in [5.41, 5.74) is 7.37. The Morgan fingerprint density at radius 1 is 1.45 bits per heavy atom. The maximum atomic E-state index is 12.0. The number of carbonyl (C=O) groups excluding carboxylic acids is 1. The molecule has 3 N–H and O–H groups in total. The molecule has 1 aromatic carbocycles. The molecule has 1 saturated heterocycles. The molecule has 2 unspecified atom stereocenters. The fourth-order valence-electron chi connectivity index (χ4n) is 2.32. The first-order chi connectivity index (χ1) is 9.74. The molecule has 5 heteroatoms. The molecule has 0 saturated carbocycles. The molecule has 1 heterocycles. The molecule has 0 aliphatic carbocycles. The highest BCUT2D eigenvalue weighted by Gasteiger charge is 2.29. The van der Waals surface area contributed by atoms with Crippen molar-refractivity contribution in [3.63, 3.8) is 0 Å². The van der Waals surface area contributed by atoms with E-state index in [0.717, 1.165) is 37.1 Å². The largest absolute Gasteiger partial charge is 0.497 e. The summed E-state index contributed by atoms with van der Waals surface area (Å²) in [6, 6.07) is 7.87. The molecule has 1 fully saturated rings. The van der Waals surface area contributed by atoms with Crippen LogP contribution in [0.5, 0.6) is 5.75 Å². The van der Waals surface area contributed by atoms with Crippen molar-refractivity contribution in [1.29, 1.82) is 0 Å². The third-order valence-corrected chi connectivity index (χ3v) is 3.55. The van der Waals surface area contributed by atoms with E-state index in [0.29, 0.717) is 0 Å². The second kappa shape index (κ2) is 7.26. The van der Waals surface area contributed by atoms with E-state index in [1.54, 1.807) is 7.11 Å². The average Bonchev–Trinajstić information content (AvgIpc) is 2.97. The van der Waals surface area contributed by atoms with Gasteiger partial charge in [0.25, 0.3) is 0 Å². The molecule has 0 aromatic heterocycles. The lowest BCUT2D eigenvalue weighted by molar-refractivity contribution is -0.122. The van der Waals surface area contributed by atoms with Gasteiger partial charge in [-0.3, -0.25) is 4.79 Å². The molecule has 1 amide bonds. The smallest absolute Gasteiger partial charge is 0.238 e. The summed E-state index contributed by atoms with van der Waals surface area (Å²) in [5.74, 6) is 0.900. The number of hydrogen-bond acceptors (Lipinski definition) is 4. The highest BCUT2D eigenvalue weighted by atomic mass is 16.5. The van der Waals surface area contributed by atoms with Crippen molar-refractivity contribution >= 4 is 5.91 Å². The van der Waals surface area contributed by atoms with Gasteiger partial charge in [0, 0.05) is 12.6 Å². The number of hydrazine groups is 1. The summed E-state index contributed by atoms with van der Waals surface area (Å²) in [6.45, 7) is 2.86. The number of methoxy groups -OCH3 is 1. The number of unbranched alkanes of at least 4 members (excludes halogenated alkanes) is 1. The predicted octanol–water partition coefficient (Wildman–Crippen LogP) is 1.52. The average molecular weight is 277 g/mol. The summed E-state index contributed by atoms with van der Waals surface area (Å²) >= 11 is 0. The van der Waals surface area contributed by atoms with Crippen LogP contribution >= 0.6 is 0 Å². The quantitative estimate of drug-likeness (QED) is 0.690. The number of benzene rings is 1. The molecule has 2 rings (SSSR count). The first-order valence-electron chi connectivity index (χ1n) is 7.17. The van der Waals surface area contributed by atoms with Crippen LogP contribution in [0, 0.1) is 0 Å². The fraction of sp³-hybridized carbons (Fsp3) is 0.533. The van der Waals surface area contributed by atoms with E-state index in [1.165, 1.54) is 0 Å². The lowest BCUT2D eigenvalue weighted by atomic mass is 10.0. The normalized spacial score (nSPS) is 21.7.